The maximum atomic E-state index is 10.2. The lowest BCUT2D eigenvalue weighted by molar-refractivity contribution is -0.00239. The molecule has 1 aromatic rings. The summed E-state index contributed by atoms with van der Waals surface area (Å²) < 4.78 is 6.89. The average Bonchev–Trinajstić information content (AvgIpc) is 2.42. The summed E-state index contributed by atoms with van der Waals surface area (Å²) in [5.41, 5.74) is 1.91. The van der Waals surface area contributed by atoms with Crippen LogP contribution in [0.4, 0.5) is 0 Å². The van der Waals surface area contributed by atoms with Crippen LogP contribution in [0, 0.1) is 6.92 Å². The van der Waals surface area contributed by atoms with Gasteiger partial charge in [0.2, 0.25) is 0 Å². The van der Waals surface area contributed by atoms with Crippen LogP contribution in [0.5, 0.6) is 5.75 Å². The molecular formula is C16H24BrNO2. The monoisotopic (exact) mass is 341 g/mol. The highest BCUT2D eigenvalue weighted by atomic mass is 79.9. The number of rotatable bonds is 5. The Bertz CT molecular complexity index is 450. The van der Waals surface area contributed by atoms with E-state index in [0.29, 0.717) is 11.9 Å². The second-order valence-corrected chi connectivity index (χ2v) is 6.52. The number of hydrogen-bond donors (Lipinski definition) is 1. The molecule has 0 bridgehead atoms. The molecule has 112 valence electrons. The molecule has 0 aliphatic carbocycles. The van der Waals surface area contributed by atoms with Crippen molar-refractivity contribution in [1.29, 1.82) is 0 Å². The van der Waals surface area contributed by atoms with E-state index in [1.165, 1.54) is 6.42 Å². The first-order valence-corrected chi connectivity index (χ1v) is 8.21. The number of ether oxygens (including phenoxy) is 1. The summed E-state index contributed by atoms with van der Waals surface area (Å²) in [4.78, 5) is 2.38. The summed E-state index contributed by atoms with van der Waals surface area (Å²) >= 11 is 3.50. The Morgan fingerprint density at radius 1 is 1.45 bits per heavy atom. The minimum absolute atomic E-state index is 0.346. The third kappa shape index (κ3) is 4.21. The second kappa shape index (κ2) is 7.43. The van der Waals surface area contributed by atoms with Gasteiger partial charge in [-0.3, -0.25) is 4.90 Å². The zero-order valence-electron chi connectivity index (χ0n) is 12.4. The quantitative estimate of drug-likeness (QED) is 0.882. The fourth-order valence-corrected chi connectivity index (χ4v) is 3.36. The Hall–Kier alpha value is -0.580. The van der Waals surface area contributed by atoms with Gasteiger partial charge < -0.3 is 9.84 Å². The van der Waals surface area contributed by atoms with Gasteiger partial charge in [0, 0.05) is 29.7 Å². The third-order valence-corrected chi connectivity index (χ3v) is 4.22. The van der Waals surface area contributed by atoms with E-state index < -0.39 is 0 Å². The molecule has 0 saturated carbocycles. The van der Waals surface area contributed by atoms with Gasteiger partial charge >= 0.3 is 0 Å². The number of piperidine rings is 1. The summed E-state index contributed by atoms with van der Waals surface area (Å²) in [5.74, 6) is 0.421. The Balaban J connectivity index is 1.99. The highest BCUT2D eigenvalue weighted by Gasteiger charge is 2.21. The summed E-state index contributed by atoms with van der Waals surface area (Å²) in [6, 6.07) is 3.96. The Morgan fingerprint density at radius 3 is 3.00 bits per heavy atom. The predicted octanol–water partition coefficient (Wildman–Crippen LogP) is 3.85. The molecule has 1 aliphatic heterocycles. The van der Waals surface area contributed by atoms with Gasteiger partial charge in [-0.1, -0.05) is 22.9 Å². The van der Waals surface area contributed by atoms with Crippen molar-refractivity contribution in [3.63, 3.8) is 0 Å². The van der Waals surface area contributed by atoms with Crippen LogP contribution in [0.3, 0.4) is 0 Å². The normalized spacial score (nSPS) is 20.2. The molecule has 0 amide bonds. The van der Waals surface area contributed by atoms with Crippen molar-refractivity contribution in [2.75, 3.05) is 19.7 Å². The maximum absolute atomic E-state index is 10.2. The first-order chi connectivity index (χ1) is 9.60. The molecular weight excluding hydrogens is 318 g/mol. The predicted molar refractivity (Wildman–Crippen MR) is 85.1 cm³/mol. The van der Waals surface area contributed by atoms with Gasteiger partial charge in [0.25, 0.3) is 0 Å². The van der Waals surface area contributed by atoms with Crippen LogP contribution in [0.25, 0.3) is 0 Å². The van der Waals surface area contributed by atoms with E-state index in [2.05, 4.69) is 27.8 Å². The number of benzene rings is 1. The van der Waals surface area contributed by atoms with Crippen LogP contribution >= 0.6 is 15.9 Å². The first-order valence-electron chi connectivity index (χ1n) is 7.42. The second-order valence-electron chi connectivity index (χ2n) is 5.60. The maximum Gasteiger partial charge on any atom is 0.123 e. The van der Waals surface area contributed by atoms with Crippen LogP contribution in [-0.2, 0) is 11.3 Å². The van der Waals surface area contributed by atoms with Gasteiger partial charge in [0.05, 0.1) is 6.10 Å². The lowest BCUT2D eigenvalue weighted by Crippen LogP contribution is -2.39. The molecule has 3 nitrogen and oxygen atoms in total. The summed E-state index contributed by atoms with van der Waals surface area (Å²) in [7, 11) is 0. The van der Waals surface area contributed by atoms with Crippen LogP contribution in [0.15, 0.2) is 16.6 Å². The van der Waals surface area contributed by atoms with E-state index in [0.717, 1.165) is 54.7 Å². The SMILES string of the molecule is CCCOC1CCCN(Cc2cc(Br)cc(C)c2O)C1. The standard InChI is InChI=1S/C16H24BrNO2/c1-3-7-20-15-5-4-6-18(11-15)10-13-9-14(17)8-12(2)16(13)19/h8-9,15,19H,3-7,10-11H2,1-2H3. The highest BCUT2D eigenvalue weighted by Crippen LogP contribution is 2.28. The van der Waals surface area contributed by atoms with Gasteiger partial charge in [0.1, 0.15) is 5.75 Å². The van der Waals surface area contributed by atoms with Gasteiger partial charge in [-0.05, 0) is 50.4 Å². The van der Waals surface area contributed by atoms with Crippen molar-refractivity contribution in [1.82, 2.24) is 4.90 Å². The molecule has 4 heteroatoms. The molecule has 1 heterocycles. The molecule has 1 unspecified atom stereocenters. The summed E-state index contributed by atoms with van der Waals surface area (Å²) in [6.45, 7) is 7.76. The van der Waals surface area contributed by atoms with Crippen molar-refractivity contribution in [3.05, 3.63) is 27.7 Å². The number of aryl methyl sites for hydroxylation is 1. The molecule has 2 rings (SSSR count). The van der Waals surface area contributed by atoms with Gasteiger partial charge in [-0.25, -0.2) is 0 Å². The largest absolute Gasteiger partial charge is 0.507 e. The van der Waals surface area contributed by atoms with Crippen molar-refractivity contribution in [3.8, 4) is 5.75 Å². The van der Waals surface area contributed by atoms with Crippen LogP contribution < -0.4 is 0 Å². The first kappa shape index (κ1) is 15.8. The zero-order valence-corrected chi connectivity index (χ0v) is 13.9. The van der Waals surface area contributed by atoms with E-state index in [-0.39, 0.29) is 0 Å². The number of phenolic OH excluding ortho intramolecular Hbond substituents is 1. The number of hydrogen-bond acceptors (Lipinski definition) is 3. The van der Waals surface area contributed by atoms with E-state index in [4.69, 9.17) is 4.74 Å². The van der Waals surface area contributed by atoms with Gasteiger partial charge in [0.15, 0.2) is 0 Å². The molecule has 1 fully saturated rings. The van der Waals surface area contributed by atoms with Crippen molar-refractivity contribution in [2.45, 2.75) is 45.8 Å². The highest BCUT2D eigenvalue weighted by molar-refractivity contribution is 9.10. The number of nitrogens with zero attached hydrogens (tertiary/aromatic N) is 1. The van der Waals surface area contributed by atoms with Crippen molar-refractivity contribution < 1.29 is 9.84 Å². The Morgan fingerprint density at radius 2 is 2.25 bits per heavy atom. The lowest BCUT2D eigenvalue weighted by Gasteiger charge is -2.32. The zero-order chi connectivity index (χ0) is 14.5. The van der Waals surface area contributed by atoms with Gasteiger partial charge in [-0.2, -0.15) is 0 Å². The number of aromatic hydroxyl groups is 1. The van der Waals surface area contributed by atoms with E-state index in [9.17, 15) is 5.11 Å². The molecule has 1 saturated heterocycles. The number of phenols is 1. The third-order valence-electron chi connectivity index (χ3n) is 3.76. The van der Waals surface area contributed by atoms with Crippen LogP contribution in [-0.4, -0.2) is 35.8 Å². The fourth-order valence-electron chi connectivity index (χ4n) is 2.74. The van der Waals surface area contributed by atoms with E-state index >= 15 is 0 Å². The molecule has 1 N–H and O–H groups in total. The van der Waals surface area contributed by atoms with Gasteiger partial charge in [-0.15, -0.1) is 0 Å². The number of likely N-dealkylation sites (tertiary alicyclic amines) is 1. The number of halogens is 1. The molecule has 0 spiro atoms. The topological polar surface area (TPSA) is 32.7 Å². The van der Waals surface area contributed by atoms with Crippen molar-refractivity contribution >= 4 is 15.9 Å². The molecule has 1 aromatic carbocycles. The Kier molecular flexibility index (Phi) is 5.87. The van der Waals surface area contributed by atoms with Crippen LogP contribution in [0.2, 0.25) is 0 Å². The fraction of sp³-hybridized carbons (Fsp3) is 0.625. The molecule has 1 aliphatic rings. The molecule has 20 heavy (non-hydrogen) atoms. The average molecular weight is 342 g/mol. The van der Waals surface area contributed by atoms with Crippen molar-refractivity contribution in [2.24, 2.45) is 0 Å². The minimum atomic E-state index is 0.346. The summed E-state index contributed by atoms with van der Waals surface area (Å²) in [5, 5.41) is 10.2. The smallest absolute Gasteiger partial charge is 0.123 e. The van der Waals surface area contributed by atoms with E-state index in [1.807, 2.05) is 19.1 Å². The minimum Gasteiger partial charge on any atom is -0.507 e. The lowest BCUT2D eigenvalue weighted by atomic mass is 10.1. The molecule has 0 radical (unpaired) electrons. The Labute approximate surface area is 130 Å². The molecule has 1 atom stereocenters. The molecule has 0 aromatic heterocycles. The van der Waals surface area contributed by atoms with E-state index in [1.54, 1.807) is 0 Å². The van der Waals surface area contributed by atoms with Crippen LogP contribution in [0.1, 0.15) is 37.3 Å². The summed E-state index contributed by atoms with van der Waals surface area (Å²) in [6.07, 6.45) is 3.74.